The number of amidine groups is 1. The maximum atomic E-state index is 11.2. The first kappa shape index (κ1) is 19.5. The van der Waals surface area contributed by atoms with Gasteiger partial charge in [0.15, 0.2) is 16.7 Å². The van der Waals surface area contributed by atoms with Crippen molar-refractivity contribution in [3.05, 3.63) is 57.6 Å². The molecule has 27 heavy (non-hydrogen) atoms. The van der Waals surface area contributed by atoms with Gasteiger partial charge in [0.2, 0.25) is 5.91 Å². The third kappa shape index (κ3) is 4.94. The van der Waals surface area contributed by atoms with Crippen LogP contribution in [0.25, 0.3) is 0 Å². The Bertz CT molecular complexity index is 898. The number of nitrogens with one attached hydrogen (secondary N) is 1. The van der Waals surface area contributed by atoms with E-state index in [4.69, 9.17) is 32.7 Å². The SMILES string of the molecule is COc1cccc(C=NN=C2NC(=O)CS2)c1OCc1c(Cl)cccc1Cl. The second-order valence-corrected chi connectivity index (χ2v) is 7.13. The van der Waals surface area contributed by atoms with Crippen molar-refractivity contribution in [2.24, 2.45) is 10.2 Å². The van der Waals surface area contributed by atoms with Crippen LogP contribution < -0.4 is 14.8 Å². The van der Waals surface area contributed by atoms with Gasteiger partial charge in [-0.3, -0.25) is 4.79 Å². The molecule has 1 aliphatic heterocycles. The number of carbonyl (C=O) groups excluding carboxylic acids is 1. The molecule has 0 radical (unpaired) electrons. The van der Waals surface area contributed by atoms with Crippen LogP contribution in [-0.2, 0) is 11.4 Å². The summed E-state index contributed by atoms with van der Waals surface area (Å²) in [6, 6.07) is 10.7. The molecule has 1 heterocycles. The van der Waals surface area contributed by atoms with E-state index in [1.165, 1.54) is 18.0 Å². The van der Waals surface area contributed by atoms with Crippen molar-refractivity contribution < 1.29 is 14.3 Å². The van der Waals surface area contributed by atoms with E-state index in [9.17, 15) is 4.79 Å². The molecule has 140 valence electrons. The smallest absolute Gasteiger partial charge is 0.236 e. The third-order valence-corrected chi connectivity index (χ3v) is 5.16. The van der Waals surface area contributed by atoms with Crippen molar-refractivity contribution >= 4 is 52.3 Å². The number of methoxy groups -OCH3 is 1. The highest BCUT2D eigenvalue weighted by atomic mass is 35.5. The second-order valence-electron chi connectivity index (χ2n) is 5.35. The Labute approximate surface area is 170 Å². The quantitative estimate of drug-likeness (QED) is 0.559. The zero-order chi connectivity index (χ0) is 19.2. The highest BCUT2D eigenvalue weighted by Gasteiger charge is 2.16. The fraction of sp³-hybridized carbons (Fsp3) is 0.167. The van der Waals surface area contributed by atoms with Crippen LogP contribution in [-0.4, -0.2) is 30.2 Å². The number of carbonyl (C=O) groups is 1. The predicted molar refractivity (Wildman–Crippen MR) is 109 cm³/mol. The summed E-state index contributed by atoms with van der Waals surface area (Å²) in [6.45, 7) is 0.167. The molecule has 2 aromatic carbocycles. The zero-order valence-corrected chi connectivity index (χ0v) is 16.6. The second kappa shape index (κ2) is 9.12. The molecule has 0 unspecified atom stereocenters. The Hall–Kier alpha value is -2.22. The molecule has 1 fully saturated rings. The molecular formula is C18H15Cl2N3O3S. The lowest BCUT2D eigenvalue weighted by molar-refractivity contribution is -0.116. The summed E-state index contributed by atoms with van der Waals surface area (Å²) in [6.07, 6.45) is 1.53. The number of benzene rings is 2. The van der Waals surface area contributed by atoms with Crippen LogP contribution in [0.2, 0.25) is 10.0 Å². The lowest BCUT2D eigenvalue weighted by atomic mass is 10.2. The van der Waals surface area contributed by atoms with Gasteiger partial charge in [-0.05, 0) is 24.3 Å². The van der Waals surface area contributed by atoms with Crippen molar-refractivity contribution in [3.8, 4) is 11.5 Å². The van der Waals surface area contributed by atoms with Crippen LogP contribution in [0.15, 0.2) is 46.6 Å². The number of halogens is 2. The van der Waals surface area contributed by atoms with Gasteiger partial charge >= 0.3 is 0 Å². The molecule has 9 heteroatoms. The van der Waals surface area contributed by atoms with Gasteiger partial charge in [0, 0.05) is 21.2 Å². The first-order valence-electron chi connectivity index (χ1n) is 7.85. The molecular weight excluding hydrogens is 409 g/mol. The number of rotatable bonds is 6. The Balaban J connectivity index is 1.82. The Kier molecular flexibility index (Phi) is 6.60. The van der Waals surface area contributed by atoms with Crippen molar-refractivity contribution in [3.63, 3.8) is 0 Å². The molecule has 0 aliphatic carbocycles. The minimum absolute atomic E-state index is 0.0871. The van der Waals surface area contributed by atoms with Gasteiger partial charge in [-0.15, -0.1) is 5.10 Å². The van der Waals surface area contributed by atoms with Gasteiger partial charge in [-0.25, -0.2) is 0 Å². The molecule has 1 N–H and O–H groups in total. The highest BCUT2D eigenvalue weighted by Crippen LogP contribution is 2.33. The molecule has 0 saturated carbocycles. The predicted octanol–water partition coefficient (Wildman–Crippen LogP) is 4.13. The summed E-state index contributed by atoms with van der Waals surface area (Å²) in [5.74, 6) is 1.29. The van der Waals surface area contributed by atoms with E-state index in [2.05, 4.69) is 15.5 Å². The van der Waals surface area contributed by atoms with E-state index in [-0.39, 0.29) is 12.5 Å². The van der Waals surface area contributed by atoms with Crippen LogP contribution in [0.3, 0.4) is 0 Å². The highest BCUT2D eigenvalue weighted by molar-refractivity contribution is 8.15. The Morgan fingerprint density at radius 2 is 1.96 bits per heavy atom. The number of ether oxygens (including phenoxy) is 2. The Morgan fingerprint density at radius 3 is 2.63 bits per heavy atom. The van der Waals surface area contributed by atoms with E-state index in [1.807, 2.05) is 12.1 Å². The molecule has 2 aromatic rings. The Morgan fingerprint density at radius 1 is 1.22 bits per heavy atom. The molecule has 0 aromatic heterocycles. The van der Waals surface area contributed by atoms with E-state index < -0.39 is 0 Å². The summed E-state index contributed by atoms with van der Waals surface area (Å²) in [5.41, 5.74) is 1.34. The number of para-hydroxylation sites is 1. The maximum Gasteiger partial charge on any atom is 0.236 e. The number of hydrogen-bond acceptors (Lipinski definition) is 6. The number of nitrogens with zero attached hydrogens (tertiary/aromatic N) is 2. The lowest BCUT2D eigenvalue weighted by Gasteiger charge is -2.14. The summed E-state index contributed by atoms with van der Waals surface area (Å²) in [7, 11) is 1.55. The molecule has 0 spiro atoms. The number of amides is 1. The summed E-state index contributed by atoms with van der Waals surface area (Å²) < 4.78 is 11.3. The van der Waals surface area contributed by atoms with Crippen molar-refractivity contribution in [1.29, 1.82) is 0 Å². The maximum absolute atomic E-state index is 11.2. The topological polar surface area (TPSA) is 72.3 Å². The van der Waals surface area contributed by atoms with Crippen LogP contribution >= 0.6 is 35.0 Å². The lowest BCUT2D eigenvalue weighted by Crippen LogP contribution is -2.19. The van der Waals surface area contributed by atoms with Crippen LogP contribution in [0.1, 0.15) is 11.1 Å². The average Bonchev–Trinajstić information content (AvgIpc) is 3.07. The fourth-order valence-corrected chi connectivity index (χ4v) is 3.42. The normalized spacial score (nSPS) is 15.4. The molecule has 6 nitrogen and oxygen atoms in total. The third-order valence-electron chi connectivity index (χ3n) is 3.58. The van der Waals surface area contributed by atoms with Gasteiger partial charge in [0.05, 0.1) is 19.1 Å². The molecule has 1 amide bonds. The standard InChI is InChI=1S/C18H15Cl2N3O3S/c1-25-15-7-2-4-11(8-21-23-18-22-16(24)10-27-18)17(15)26-9-12-13(19)5-3-6-14(12)20/h2-8H,9-10H2,1H3,(H,22,23,24). The van der Waals surface area contributed by atoms with Gasteiger partial charge in [-0.1, -0.05) is 47.1 Å². The van der Waals surface area contributed by atoms with E-state index in [1.54, 1.807) is 31.4 Å². The first-order chi connectivity index (χ1) is 13.1. The van der Waals surface area contributed by atoms with Gasteiger partial charge < -0.3 is 14.8 Å². The molecule has 3 rings (SSSR count). The van der Waals surface area contributed by atoms with Gasteiger partial charge in [0.25, 0.3) is 0 Å². The molecule has 0 bridgehead atoms. The fourth-order valence-electron chi connectivity index (χ4n) is 2.29. The number of hydrogen-bond donors (Lipinski definition) is 1. The zero-order valence-electron chi connectivity index (χ0n) is 14.2. The largest absolute Gasteiger partial charge is 0.493 e. The first-order valence-corrected chi connectivity index (χ1v) is 9.59. The van der Waals surface area contributed by atoms with E-state index in [0.29, 0.717) is 43.6 Å². The van der Waals surface area contributed by atoms with Crippen LogP contribution in [0.5, 0.6) is 11.5 Å². The summed E-state index contributed by atoms with van der Waals surface area (Å²) in [4.78, 5) is 11.2. The van der Waals surface area contributed by atoms with E-state index in [0.717, 1.165) is 0 Å². The van der Waals surface area contributed by atoms with E-state index >= 15 is 0 Å². The number of thioether (sulfide) groups is 1. The summed E-state index contributed by atoms with van der Waals surface area (Å²) >= 11 is 13.7. The van der Waals surface area contributed by atoms with Gasteiger partial charge in [0.1, 0.15) is 6.61 Å². The molecule has 0 atom stereocenters. The van der Waals surface area contributed by atoms with Crippen LogP contribution in [0.4, 0.5) is 0 Å². The van der Waals surface area contributed by atoms with Crippen molar-refractivity contribution in [1.82, 2.24) is 5.32 Å². The average molecular weight is 424 g/mol. The van der Waals surface area contributed by atoms with Crippen LogP contribution in [0, 0.1) is 0 Å². The minimum atomic E-state index is -0.0871. The summed E-state index contributed by atoms with van der Waals surface area (Å²) in [5, 5.41) is 12.1. The molecule has 1 saturated heterocycles. The van der Waals surface area contributed by atoms with Crippen molar-refractivity contribution in [2.75, 3.05) is 12.9 Å². The molecule has 1 aliphatic rings. The van der Waals surface area contributed by atoms with Gasteiger partial charge in [-0.2, -0.15) is 5.10 Å². The van der Waals surface area contributed by atoms with Crippen molar-refractivity contribution in [2.45, 2.75) is 6.61 Å². The minimum Gasteiger partial charge on any atom is -0.493 e. The monoisotopic (exact) mass is 423 g/mol.